The lowest BCUT2D eigenvalue weighted by Gasteiger charge is -2.11. The third kappa shape index (κ3) is 2.89. The summed E-state index contributed by atoms with van der Waals surface area (Å²) in [6, 6.07) is 10.9. The predicted molar refractivity (Wildman–Crippen MR) is 74.4 cm³/mol. The Morgan fingerprint density at radius 1 is 0.889 bits per heavy atom. The molecule has 0 aromatic heterocycles. The molecule has 0 atom stereocenters. The minimum atomic E-state index is -0.206. The third-order valence-electron chi connectivity index (χ3n) is 3.28. The number of halogens is 1. The Kier molecular flexibility index (Phi) is 3.66. The summed E-state index contributed by atoms with van der Waals surface area (Å²) in [6.45, 7) is 7.13. The van der Waals surface area contributed by atoms with Crippen molar-refractivity contribution in [2.75, 3.05) is 5.32 Å². The second-order valence-electron chi connectivity index (χ2n) is 4.72. The fourth-order valence-corrected chi connectivity index (χ4v) is 1.98. The minimum absolute atomic E-state index is 0.206. The van der Waals surface area contributed by atoms with Crippen molar-refractivity contribution in [2.24, 2.45) is 0 Å². The van der Waals surface area contributed by atoms with Crippen molar-refractivity contribution in [1.29, 1.82) is 0 Å². The summed E-state index contributed by atoms with van der Waals surface area (Å²) in [4.78, 5) is 0. The Balaban J connectivity index is 2.10. The van der Waals surface area contributed by atoms with Crippen LogP contribution in [0.3, 0.4) is 0 Å². The van der Waals surface area contributed by atoms with E-state index in [2.05, 4.69) is 38.2 Å². The van der Waals surface area contributed by atoms with Crippen molar-refractivity contribution in [1.82, 2.24) is 0 Å². The molecule has 0 aliphatic heterocycles. The number of nitrogens with one attached hydrogen (secondary N) is 1. The molecule has 0 bridgehead atoms. The van der Waals surface area contributed by atoms with Crippen LogP contribution >= 0.6 is 0 Å². The zero-order valence-electron chi connectivity index (χ0n) is 11.0. The van der Waals surface area contributed by atoms with Gasteiger partial charge in [-0.05, 0) is 67.3 Å². The van der Waals surface area contributed by atoms with E-state index in [-0.39, 0.29) is 5.82 Å². The third-order valence-corrected chi connectivity index (χ3v) is 3.28. The summed E-state index contributed by atoms with van der Waals surface area (Å²) in [5.41, 5.74) is 6.12. The standard InChI is InChI=1S/C16H18FN/c1-11-8-13(3)14(9-12(11)2)10-18-16-6-4-15(17)5-7-16/h4-9,18H,10H2,1-3H3. The lowest BCUT2D eigenvalue weighted by Crippen LogP contribution is -2.02. The largest absolute Gasteiger partial charge is 0.381 e. The monoisotopic (exact) mass is 243 g/mol. The Labute approximate surface area is 108 Å². The second kappa shape index (κ2) is 5.21. The summed E-state index contributed by atoms with van der Waals surface area (Å²) in [7, 11) is 0. The predicted octanol–water partition coefficient (Wildman–Crippen LogP) is 4.36. The summed E-state index contributed by atoms with van der Waals surface area (Å²) in [5.74, 6) is -0.206. The van der Waals surface area contributed by atoms with Gasteiger partial charge in [0.15, 0.2) is 0 Å². The molecule has 1 N–H and O–H groups in total. The van der Waals surface area contributed by atoms with Crippen LogP contribution in [0.4, 0.5) is 10.1 Å². The lowest BCUT2D eigenvalue weighted by molar-refractivity contribution is 0.628. The van der Waals surface area contributed by atoms with Crippen molar-refractivity contribution >= 4 is 5.69 Å². The molecule has 0 heterocycles. The summed E-state index contributed by atoms with van der Waals surface area (Å²) < 4.78 is 12.8. The summed E-state index contributed by atoms with van der Waals surface area (Å²) in [6.07, 6.45) is 0. The zero-order valence-corrected chi connectivity index (χ0v) is 11.0. The van der Waals surface area contributed by atoms with Crippen LogP contribution in [0.25, 0.3) is 0 Å². The van der Waals surface area contributed by atoms with Gasteiger partial charge in [0.1, 0.15) is 5.82 Å². The van der Waals surface area contributed by atoms with Crippen LogP contribution in [0.15, 0.2) is 36.4 Å². The Bertz CT molecular complexity index is 544. The first kappa shape index (κ1) is 12.6. The zero-order chi connectivity index (χ0) is 13.1. The topological polar surface area (TPSA) is 12.0 Å². The molecule has 1 nitrogen and oxygen atoms in total. The highest BCUT2D eigenvalue weighted by molar-refractivity contribution is 5.45. The van der Waals surface area contributed by atoms with Gasteiger partial charge in [-0.2, -0.15) is 0 Å². The van der Waals surface area contributed by atoms with Gasteiger partial charge in [0.2, 0.25) is 0 Å². The van der Waals surface area contributed by atoms with E-state index in [9.17, 15) is 4.39 Å². The van der Waals surface area contributed by atoms with Crippen LogP contribution < -0.4 is 5.32 Å². The molecule has 2 heteroatoms. The molecule has 2 aromatic carbocycles. The Morgan fingerprint density at radius 2 is 1.50 bits per heavy atom. The first-order valence-corrected chi connectivity index (χ1v) is 6.12. The Morgan fingerprint density at radius 3 is 2.17 bits per heavy atom. The van der Waals surface area contributed by atoms with Crippen LogP contribution in [0.5, 0.6) is 0 Å². The van der Waals surface area contributed by atoms with Gasteiger partial charge in [-0.15, -0.1) is 0 Å². The highest BCUT2D eigenvalue weighted by atomic mass is 19.1. The molecule has 2 rings (SSSR count). The van der Waals surface area contributed by atoms with Crippen LogP contribution in [0, 0.1) is 26.6 Å². The van der Waals surface area contributed by atoms with E-state index in [1.54, 1.807) is 12.1 Å². The van der Waals surface area contributed by atoms with E-state index < -0.39 is 0 Å². The normalized spacial score (nSPS) is 10.4. The van der Waals surface area contributed by atoms with Gasteiger partial charge in [0.05, 0.1) is 0 Å². The number of aryl methyl sites for hydroxylation is 3. The molecular weight excluding hydrogens is 225 g/mol. The fraction of sp³-hybridized carbons (Fsp3) is 0.250. The van der Waals surface area contributed by atoms with Crippen LogP contribution in [-0.2, 0) is 6.54 Å². The van der Waals surface area contributed by atoms with E-state index >= 15 is 0 Å². The molecule has 0 saturated heterocycles. The fourth-order valence-electron chi connectivity index (χ4n) is 1.98. The second-order valence-corrected chi connectivity index (χ2v) is 4.72. The quantitative estimate of drug-likeness (QED) is 0.844. The van der Waals surface area contributed by atoms with E-state index in [1.165, 1.54) is 34.4 Å². The highest BCUT2D eigenvalue weighted by Gasteiger charge is 2.02. The van der Waals surface area contributed by atoms with Crippen molar-refractivity contribution in [3.8, 4) is 0 Å². The average molecular weight is 243 g/mol. The van der Waals surface area contributed by atoms with E-state index in [4.69, 9.17) is 0 Å². The van der Waals surface area contributed by atoms with Gasteiger partial charge < -0.3 is 5.32 Å². The van der Waals surface area contributed by atoms with Crippen molar-refractivity contribution < 1.29 is 4.39 Å². The van der Waals surface area contributed by atoms with Gasteiger partial charge in [-0.1, -0.05) is 12.1 Å². The molecule has 18 heavy (non-hydrogen) atoms. The molecule has 0 amide bonds. The molecule has 0 aliphatic rings. The minimum Gasteiger partial charge on any atom is -0.381 e. The lowest BCUT2D eigenvalue weighted by atomic mass is 10.0. The average Bonchev–Trinajstić information content (AvgIpc) is 2.34. The molecule has 0 radical (unpaired) electrons. The smallest absolute Gasteiger partial charge is 0.123 e. The maximum absolute atomic E-state index is 12.8. The Hall–Kier alpha value is -1.83. The molecule has 2 aromatic rings. The van der Waals surface area contributed by atoms with Crippen LogP contribution in [0.1, 0.15) is 22.3 Å². The van der Waals surface area contributed by atoms with Gasteiger partial charge in [-0.3, -0.25) is 0 Å². The van der Waals surface area contributed by atoms with E-state index in [0.29, 0.717) is 0 Å². The molecule has 0 saturated carbocycles. The highest BCUT2D eigenvalue weighted by Crippen LogP contribution is 2.17. The number of hydrogen-bond acceptors (Lipinski definition) is 1. The summed E-state index contributed by atoms with van der Waals surface area (Å²) >= 11 is 0. The molecule has 94 valence electrons. The number of rotatable bonds is 3. The molecule has 0 aliphatic carbocycles. The molecule has 0 unspecified atom stereocenters. The van der Waals surface area contributed by atoms with Gasteiger partial charge in [0.25, 0.3) is 0 Å². The number of hydrogen-bond donors (Lipinski definition) is 1. The first-order chi connectivity index (χ1) is 8.56. The molecule has 0 fully saturated rings. The van der Waals surface area contributed by atoms with Crippen LogP contribution in [-0.4, -0.2) is 0 Å². The van der Waals surface area contributed by atoms with Gasteiger partial charge >= 0.3 is 0 Å². The van der Waals surface area contributed by atoms with Gasteiger partial charge in [-0.25, -0.2) is 4.39 Å². The van der Waals surface area contributed by atoms with E-state index in [0.717, 1.165) is 12.2 Å². The maximum Gasteiger partial charge on any atom is 0.123 e. The first-order valence-electron chi connectivity index (χ1n) is 6.12. The summed E-state index contributed by atoms with van der Waals surface area (Å²) in [5, 5.41) is 3.31. The molecule has 0 spiro atoms. The van der Waals surface area contributed by atoms with Gasteiger partial charge in [0, 0.05) is 12.2 Å². The molecular formula is C16H18FN. The van der Waals surface area contributed by atoms with Crippen molar-refractivity contribution in [2.45, 2.75) is 27.3 Å². The number of anilines is 1. The van der Waals surface area contributed by atoms with Crippen LogP contribution in [0.2, 0.25) is 0 Å². The van der Waals surface area contributed by atoms with Crippen molar-refractivity contribution in [3.05, 3.63) is 64.5 Å². The number of benzene rings is 2. The SMILES string of the molecule is Cc1cc(C)c(CNc2ccc(F)cc2)cc1C. The van der Waals surface area contributed by atoms with Crippen molar-refractivity contribution in [3.63, 3.8) is 0 Å². The van der Waals surface area contributed by atoms with E-state index in [1.807, 2.05) is 0 Å². The maximum atomic E-state index is 12.8.